The van der Waals surface area contributed by atoms with Crippen LogP contribution in [0.15, 0.2) is 79.0 Å². The minimum Gasteiger partial charge on any atom is -0.481 e. The van der Waals surface area contributed by atoms with Crippen LogP contribution in [0.2, 0.25) is 0 Å². The van der Waals surface area contributed by atoms with Gasteiger partial charge in [-0.25, -0.2) is 0 Å². The number of aromatic nitrogens is 1. The topological polar surface area (TPSA) is 71.3 Å². The summed E-state index contributed by atoms with van der Waals surface area (Å²) in [6, 6.07) is 22.0. The quantitative estimate of drug-likeness (QED) is 0.687. The van der Waals surface area contributed by atoms with Crippen molar-refractivity contribution in [3.05, 3.63) is 95.8 Å². The Bertz CT molecular complexity index is 873. The summed E-state index contributed by atoms with van der Waals surface area (Å²) in [4.78, 5) is 24.0. The molecule has 2 N–H and O–H groups in total. The first-order valence-electron chi connectivity index (χ1n) is 8.40. The monoisotopic (exact) mass is 348 g/mol. The van der Waals surface area contributed by atoms with E-state index < -0.39 is 12.0 Å². The van der Waals surface area contributed by atoms with Crippen molar-refractivity contribution in [2.24, 2.45) is 0 Å². The minimum absolute atomic E-state index is 0.171. The van der Waals surface area contributed by atoms with Crippen molar-refractivity contribution >= 4 is 11.9 Å². The van der Waals surface area contributed by atoms with E-state index in [-0.39, 0.29) is 12.3 Å². The second-order valence-corrected chi connectivity index (χ2v) is 6.04. The third kappa shape index (κ3) is 4.39. The van der Waals surface area contributed by atoms with Crippen LogP contribution >= 0.6 is 0 Å². The van der Waals surface area contributed by atoms with Gasteiger partial charge in [0, 0.05) is 12.7 Å². The summed E-state index contributed by atoms with van der Waals surface area (Å²) in [5, 5.41) is 12.0. The van der Waals surface area contributed by atoms with E-state index in [9.17, 15) is 14.7 Å². The van der Waals surface area contributed by atoms with E-state index in [1.807, 2.05) is 77.5 Å². The number of amides is 1. The number of hydrogen-bond acceptors (Lipinski definition) is 2. The molecule has 0 aliphatic rings. The zero-order valence-electron chi connectivity index (χ0n) is 14.2. The molecule has 0 radical (unpaired) electrons. The number of hydrogen-bond donors (Lipinski definition) is 2. The van der Waals surface area contributed by atoms with Gasteiger partial charge in [0.05, 0.1) is 12.5 Å². The number of rotatable bonds is 7. The Morgan fingerprint density at radius 2 is 1.58 bits per heavy atom. The number of nitrogens with one attached hydrogen (secondary N) is 1. The smallest absolute Gasteiger partial charge is 0.305 e. The summed E-state index contributed by atoms with van der Waals surface area (Å²) in [7, 11) is 0. The first-order valence-corrected chi connectivity index (χ1v) is 8.40. The molecule has 0 aliphatic carbocycles. The highest BCUT2D eigenvalue weighted by molar-refractivity contribution is 5.93. The van der Waals surface area contributed by atoms with Crippen LogP contribution in [0.4, 0.5) is 0 Å². The molecule has 0 fully saturated rings. The molecule has 1 heterocycles. The number of carboxylic acid groups (broad SMARTS) is 1. The number of nitrogens with zero attached hydrogens (tertiary/aromatic N) is 1. The normalized spacial score (nSPS) is 11.7. The molecule has 5 nitrogen and oxygen atoms in total. The summed E-state index contributed by atoms with van der Waals surface area (Å²) < 4.78 is 1.85. The van der Waals surface area contributed by atoms with E-state index in [0.717, 1.165) is 11.1 Å². The second kappa shape index (κ2) is 8.16. The Hall–Kier alpha value is -3.34. The first kappa shape index (κ1) is 17.5. The van der Waals surface area contributed by atoms with Gasteiger partial charge < -0.3 is 15.0 Å². The molecule has 0 saturated heterocycles. The van der Waals surface area contributed by atoms with Crippen LogP contribution in [-0.4, -0.2) is 21.6 Å². The lowest BCUT2D eigenvalue weighted by atomic mass is 10.0. The molecule has 1 atom stereocenters. The molecule has 2 aromatic carbocycles. The highest BCUT2D eigenvalue weighted by Crippen LogP contribution is 2.18. The molecule has 1 unspecified atom stereocenters. The maximum absolute atomic E-state index is 12.8. The standard InChI is InChI=1S/C21H20N2O3/c24-20(25)14-18(17-10-5-2-6-11-17)22-21(26)19-12-7-13-23(19)15-16-8-3-1-4-9-16/h1-13,18H,14-15H2,(H,22,26)(H,24,25). The van der Waals surface area contributed by atoms with Gasteiger partial charge >= 0.3 is 5.97 Å². The van der Waals surface area contributed by atoms with E-state index in [1.54, 1.807) is 6.07 Å². The van der Waals surface area contributed by atoms with Crippen LogP contribution in [-0.2, 0) is 11.3 Å². The fourth-order valence-electron chi connectivity index (χ4n) is 2.88. The Labute approximate surface area is 151 Å². The molecule has 132 valence electrons. The fourth-order valence-corrected chi connectivity index (χ4v) is 2.88. The summed E-state index contributed by atoms with van der Waals surface area (Å²) in [6.45, 7) is 0.575. The summed E-state index contributed by atoms with van der Waals surface area (Å²) in [5.74, 6) is -1.25. The maximum Gasteiger partial charge on any atom is 0.305 e. The van der Waals surface area contributed by atoms with Gasteiger partial charge in [0.2, 0.25) is 0 Å². The number of benzene rings is 2. The molecule has 5 heteroatoms. The zero-order valence-corrected chi connectivity index (χ0v) is 14.2. The summed E-state index contributed by atoms with van der Waals surface area (Å²) in [5.41, 5.74) is 2.35. The van der Waals surface area contributed by atoms with E-state index in [0.29, 0.717) is 12.2 Å². The van der Waals surface area contributed by atoms with Gasteiger partial charge in [0.25, 0.3) is 5.91 Å². The van der Waals surface area contributed by atoms with Crippen molar-refractivity contribution < 1.29 is 14.7 Å². The summed E-state index contributed by atoms with van der Waals surface area (Å²) >= 11 is 0. The van der Waals surface area contributed by atoms with Gasteiger partial charge in [-0.15, -0.1) is 0 Å². The van der Waals surface area contributed by atoms with E-state index >= 15 is 0 Å². The minimum atomic E-state index is -0.959. The predicted molar refractivity (Wildman–Crippen MR) is 98.9 cm³/mol. The Balaban J connectivity index is 1.78. The van der Waals surface area contributed by atoms with Crippen LogP contribution in [0.3, 0.4) is 0 Å². The number of carboxylic acids is 1. The third-order valence-corrected chi connectivity index (χ3v) is 4.14. The average molecular weight is 348 g/mol. The second-order valence-electron chi connectivity index (χ2n) is 6.04. The highest BCUT2D eigenvalue weighted by Gasteiger charge is 2.20. The van der Waals surface area contributed by atoms with Crippen molar-refractivity contribution in [2.45, 2.75) is 19.0 Å². The van der Waals surface area contributed by atoms with Crippen molar-refractivity contribution in [1.82, 2.24) is 9.88 Å². The van der Waals surface area contributed by atoms with Crippen molar-refractivity contribution in [1.29, 1.82) is 0 Å². The highest BCUT2D eigenvalue weighted by atomic mass is 16.4. The molecule has 26 heavy (non-hydrogen) atoms. The number of aliphatic carboxylic acids is 1. The van der Waals surface area contributed by atoms with Gasteiger partial charge in [0.15, 0.2) is 0 Å². The number of carbonyl (C=O) groups excluding carboxylic acids is 1. The van der Waals surface area contributed by atoms with Crippen molar-refractivity contribution in [3.8, 4) is 0 Å². The van der Waals surface area contributed by atoms with Crippen molar-refractivity contribution in [3.63, 3.8) is 0 Å². The number of carbonyl (C=O) groups is 2. The first-order chi connectivity index (χ1) is 12.6. The molecule has 0 bridgehead atoms. The predicted octanol–water partition coefficient (Wildman–Crippen LogP) is 3.48. The largest absolute Gasteiger partial charge is 0.481 e. The van der Waals surface area contributed by atoms with Crippen molar-refractivity contribution in [2.75, 3.05) is 0 Å². The summed E-state index contributed by atoms with van der Waals surface area (Å²) in [6.07, 6.45) is 1.67. The molecule has 0 saturated carbocycles. The fraction of sp³-hybridized carbons (Fsp3) is 0.143. The molecule has 1 amide bonds. The van der Waals surface area contributed by atoms with Crippen LogP contribution in [0.5, 0.6) is 0 Å². The third-order valence-electron chi connectivity index (χ3n) is 4.14. The van der Waals surface area contributed by atoms with Crippen LogP contribution in [0, 0.1) is 0 Å². The van der Waals surface area contributed by atoms with Gasteiger partial charge in [-0.1, -0.05) is 60.7 Å². The Morgan fingerprint density at radius 3 is 2.23 bits per heavy atom. The molecule has 1 aromatic heterocycles. The SMILES string of the molecule is O=C(O)CC(NC(=O)c1cccn1Cc1ccccc1)c1ccccc1. The van der Waals surface area contributed by atoms with E-state index in [4.69, 9.17) is 0 Å². The molecular weight excluding hydrogens is 328 g/mol. The van der Waals surface area contributed by atoms with Gasteiger partial charge in [-0.3, -0.25) is 9.59 Å². The molecular formula is C21H20N2O3. The Morgan fingerprint density at radius 1 is 0.923 bits per heavy atom. The van der Waals surface area contributed by atoms with Crippen LogP contribution < -0.4 is 5.32 Å². The molecule has 0 aliphatic heterocycles. The van der Waals surface area contributed by atoms with Gasteiger partial charge in [0.1, 0.15) is 5.69 Å². The average Bonchev–Trinajstić information content (AvgIpc) is 3.10. The maximum atomic E-state index is 12.8. The lowest BCUT2D eigenvalue weighted by molar-refractivity contribution is -0.137. The van der Waals surface area contributed by atoms with Crippen LogP contribution in [0.25, 0.3) is 0 Å². The van der Waals surface area contributed by atoms with Gasteiger partial charge in [-0.2, -0.15) is 0 Å². The lowest BCUT2D eigenvalue weighted by Crippen LogP contribution is -2.31. The molecule has 3 rings (SSSR count). The molecule has 0 spiro atoms. The molecule has 3 aromatic rings. The van der Waals surface area contributed by atoms with E-state index in [1.165, 1.54) is 0 Å². The zero-order chi connectivity index (χ0) is 18.4. The van der Waals surface area contributed by atoms with Gasteiger partial charge in [-0.05, 0) is 23.3 Å². The Kier molecular flexibility index (Phi) is 5.49. The lowest BCUT2D eigenvalue weighted by Gasteiger charge is -2.18. The van der Waals surface area contributed by atoms with Crippen LogP contribution in [0.1, 0.15) is 34.1 Å². The van der Waals surface area contributed by atoms with E-state index in [2.05, 4.69) is 5.32 Å².